The average Bonchev–Trinajstić information content (AvgIpc) is 2.75. The van der Waals surface area contributed by atoms with E-state index in [9.17, 15) is 0 Å². The Morgan fingerprint density at radius 2 is 2.06 bits per heavy atom. The highest BCUT2D eigenvalue weighted by Crippen LogP contribution is 2.34. The molecule has 2 heterocycles. The number of benzene rings is 1. The van der Waals surface area contributed by atoms with Crippen LogP contribution in [0.5, 0.6) is 11.5 Å². The van der Waals surface area contributed by atoms with Gasteiger partial charge < -0.3 is 9.47 Å². The van der Waals surface area contributed by atoms with Gasteiger partial charge in [0.15, 0.2) is 23.4 Å². The lowest BCUT2D eigenvalue weighted by Gasteiger charge is -2.24. The molecule has 16 heavy (non-hydrogen) atoms. The number of hydrogen-bond acceptors (Lipinski definition) is 4. The highest BCUT2D eigenvalue weighted by Gasteiger charge is 2.24. The monoisotopic (exact) mass is 235 g/mol. The Bertz CT molecular complexity index is 563. The molecule has 1 aromatic carbocycles. The van der Waals surface area contributed by atoms with Crippen molar-refractivity contribution >= 4 is 12.2 Å². The minimum Gasteiger partial charge on any atom is -0.485 e. The lowest BCUT2D eigenvalue weighted by molar-refractivity contribution is 0.0853. The number of ether oxygens (including phenoxy) is 2. The van der Waals surface area contributed by atoms with Gasteiger partial charge in [0.1, 0.15) is 6.61 Å². The molecule has 6 heteroatoms. The second-order valence-corrected chi connectivity index (χ2v) is 3.80. The van der Waals surface area contributed by atoms with Crippen molar-refractivity contribution in [3.05, 3.63) is 34.9 Å². The second-order valence-electron chi connectivity index (χ2n) is 3.42. The molecule has 82 valence electrons. The molecule has 0 amide bonds. The largest absolute Gasteiger partial charge is 0.485 e. The third kappa shape index (κ3) is 1.57. The number of fused-ring (bicyclic) bond motifs is 1. The van der Waals surface area contributed by atoms with E-state index >= 15 is 0 Å². The molecule has 5 nitrogen and oxygen atoms in total. The Balaban J connectivity index is 1.90. The molecule has 1 aromatic heterocycles. The van der Waals surface area contributed by atoms with E-state index in [-0.39, 0.29) is 6.10 Å². The molecular weight excluding hydrogens is 226 g/mol. The van der Waals surface area contributed by atoms with E-state index in [4.69, 9.17) is 21.7 Å². The van der Waals surface area contributed by atoms with Gasteiger partial charge >= 0.3 is 0 Å². The molecular formula is C10H9N3O2S. The molecule has 1 aliphatic heterocycles. The lowest BCUT2D eigenvalue weighted by atomic mass is 10.2. The summed E-state index contributed by atoms with van der Waals surface area (Å²) in [6.07, 6.45) is -0.247. The Kier molecular flexibility index (Phi) is 2.14. The van der Waals surface area contributed by atoms with Gasteiger partial charge in [-0.15, -0.1) is 0 Å². The molecule has 0 radical (unpaired) electrons. The summed E-state index contributed by atoms with van der Waals surface area (Å²) in [7, 11) is 0. The van der Waals surface area contributed by atoms with Crippen LogP contribution >= 0.6 is 12.2 Å². The Labute approximate surface area is 96.4 Å². The first-order valence-corrected chi connectivity index (χ1v) is 5.27. The van der Waals surface area contributed by atoms with Gasteiger partial charge in [-0.05, 0) is 24.4 Å². The number of nitrogens with zero attached hydrogens (tertiary/aromatic N) is 1. The van der Waals surface area contributed by atoms with Gasteiger partial charge in [0.25, 0.3) is 0 Å². The quantitative estimate of drug-likeness (QED) is 0.742. The van der Waals surface area contributed by atoms with Crippen LogP contribution < -0.4 is 9.47 Å². The van der Waals surface area contributed by atoms with E-state index in [1.54, 1.807) is 0 Å². The topological polar surface area (TPSA) is 62.9 Å². The van der Waals surface area contributed by atoms with Crippen LogP contribution in [0.3, 0.4) is 0 Å². The third-order valence-corrected chi connectivity index (χ3v) is 2.53. The van der Waals surface area contributed by atoms with Crippen molar-refractivity contribution in [1.29, 1.82) is 0 Å². The van der Waals surface area contributed by atoms with E-state index in [1.807, 2.05) is 24.3 Å². The fourth-order valence-corrected chi connectivity index (χ4v) is 1.74. The van der Waals surface area contributed by atoms with Crippen molar-refractivity contribution in [2.75, 3.05) is 6.61 Å². The number of aromatic amines is 2. The predicted octanol–water partition coefficient (Wildman–Crippen LogP) is 1.98. The molecule has 1 atom stereocenters. The van der Waals surface area contributed by atoms with E-state index in [2.05, 4.69) is 15.2 Å². The van der Waals surface area contributed by atoms with Crippen molar-refractivity contribution in [3.63, 3.8) is 0 Å². The molecule has 0 aliphatic carbocycles. The summed E-state index contributed by atoms with van der Waals surface area (Å²) in [4.78, 5) is 4.11. The zero-order valence-corrected chi connectivity index (χ0v) is 9.08. The maximum atomic E-state index is 5.75. The lowest BCUT2D eigenvalue weighted by Crippen LogP contribution is -2.22. The van der Waals surface area contributed by atoms with Gasteiger partial charge in [-0.2, -0.15) is 0 Å². The first kappa shape index (κ1) is 9.41. The first-order chi connectivity index (χ1) is 7.83. The van der Waals surface area contributed by atoms with Gasteiger partial charge in [0, 0.05) is 0 Å². The SMILES string of the molecule is S=c1nc([C@@H]2COc3ccccc3O2)[nH][nH]1. The maximum absolute atomic E-state index is 5.75. The van der Waals surface area contributed by atoms with Crippen LogP contribution in [0.1, 0.15) is 11.9 Å². The molecule has 2 aromatic rings. The minimum atomic E-state index is -0.247. The third-order valence-electron chi connectivity index (χ3n) is 2.33. The van der Waals surface area contributed by atoms with E-state index in [0.717, 1.165) is 11.5 Å². The highest BCUT2D eigenvalue weighted by atomic mass is 32.1. The number of hydrogen-bond donors (Lipinski definition) is 2. The van der Waals surface area contributed by atoms with Crippen LogP contribution in [0.4, 0.5) is 0 Å². The van der Waals surface area contributed by atoms with Crippen molar-refractivity contribution in [3.8, 4) is 11.5 Å². The molecule has 1 aliphatic rings. The molecule has 0 bridgehead atoms. The molecule has 0 unspecified atom stereocenters. The Hall–Kier alpha value is -1.82. The number of H-pyrrole nitrogens is 2. The van der Waals surface area contributed by atoms with Crippen LogP contribution in [0, 0.1) is 4.77 Å². The summed E-state index contributed by atoms with van der Waals surface area (Å²) in [5.41, 5.74) is 0. The van der Waals surface area contributed by atoms with E-state index < -0.39 is 0 Å². The number of para-hydroxylation sites is 2. The normalized spacial score (nSPS) is 18.4. The van der Waals surface area contributed by atoms with Gasteiger partial charge in [-0.3, -0.25) is 10.2 Å². The maximum Gasteiger partial charge on any atom is 0.213 e. The molecule has 2 N–H and O–H groups in total. The second kappa shape index (κ2) is 3.64. The van der Waals surface area contributed by atoms with Crippen LogP contribution in [-0.2, 0) is 0 Å². The van der Waals surface area contributed by atoms with Crippen molar-refractivity contribution in [2.45, 2.75) is 6.10 Å². The predicted molar refractivity (Wildman–Crippen MR) is 59.1 cm³/mol. The zero-order valence-electron chi connectivity index (χ0n) is 8.27. The number of aromatic nitrogens is 3. The molecule has 0 spiro atoms. The van der Waals surface area contributed by atoms with Gasteiger partial charge in [0.2, 0.25) is 4.77 Å². The van der Waals surface area contributed by atoms with Crippen molar-refractivity contribution < 1.29 is 9.47 Å². The number of rotatable bonds is 1. The average molecular weight is 235 g/mol. The minimum absolute atomic E-state index is 0.247. The Morgan fingerprint density at radius 3 is 2.81 bits per heavy atom. The van der Waals surface area contributed by atoms with Crippen LogP contribution in [0.15, 0.2) is 24.3 Å². The Morgan fingerprint density at radius 1 is 1.25 bits per heavy atom. The fraction of sp³-hybridized carbons (Fsp3) is 0.200. The van der Waals surface area contributed by atoms with Crippen molar-refractivity contribution in [2.24, 2.45) is 0 Å². The molecule has 0 saturated heterocycles. The van der Waals surface area contributed by atoms with Crippen LogP contribution in [0.2, 0.25) is 0 Å². The summed E-state index contributed by atoms with van der Waals surface area (Å²) >= 11 is 4.89. The summed E-state index contributed by atoms with van der Waals surface area (Å²) < 4.78 is 11.7. The summed E-state index contributed by atoms with van der Waals surface area (Å²) in [6.45, 7) is 0.424. The molecule has 3 rings (SSSR count). The summed E-state index contributed by atoms with van der Waals surface area (Å²) in [5.74, 6) is 2.13. The van der Waals surface area contributed by atoms with Gasteiger partial charge in [0.05, 0.1) is 0 Å². The highest BCUT2D eigenvalue weighted by molar-refractivity contribution is 7.71. The van der Waals surface area contributed by atoms with Crippen LogP contribution in [-0.4, -0.2) is 21.8 Å². The summed E-state index contributed by atoms with van der Waals surface area (Å²) in [6, 6.07) is 7.54. The van der Waals surface area contributed by atoms with Crippen molar-refractivity contribution in [1.82, 2.24) is 15.2 Å². The fourth-order valence-electron chi connectivity index (χ4n) is 1.59. The van der Waals surface area contributed by atoms with E-state index in [1.165, 1.54) is 0 Å². The smallest absolute Gasteiger partial charge is 0.213 e. The molecule has 0 saturated carbocycles. The van der Waals surface area contributed by atoms with Gasteiger partial charge in [-0.1, -0.05) is 12.1 Å². The first-order valence-electron chi connectivity index (χ1n) is 4.86. The standard InChI is InChI=1S/C10H9N3O2S/c16-10-11-9(12-13-10)8-5-14-6-3-1-2-4-7(6)15-8/h1-4,8H,5H2,(H2,11,12,13,16)/t8-/m0/s1. The van der Waals surface area contributed by atoms with E-state index in [0.29, 0.717) is 17.2 Å². The number of nitrogens with one attached hydrogen (secondary N) is 2. The van der Waals surface area contributed by atoms with Crippen LogP contribution in [0.25, 0.3) is 0 Å². The summed E-state index contributed by atoms with van der Waals surface area (Å²) in [5, 5.41) is 5.59. The molecule has 0 fully saturated rings. The zero-order chi connectivity index (χ0) is 11.0. The van der Waals surface area contributed by atoms with Gasteiger partial charge in [-0.25, -0.2) is 4.98 Å².